The molecule has 9 heteroatoms. The lowest BCUT2D eigenvalue weighted by Crippen LogP contribution is -2.18. The number of nitrogens with zero attached hydrogens (tertiary/aromatic N) is 4. The number of rotatable bonds is 4. The summed E-state index contributed by atoms with van der Waals surface area (Å²) in [7, 11) is 0. The van der Waals surface area contributed by atoms with Crippen molar-refractivity contribution in [1.82, 2.24) is 30.2 Å². The van der Waals surface area contributed by atoms with Crippen LogP contribution < -0.4 is 10.2 Å². The van der Waals surface area contributed by atoms with Crippen LogP contribution in [0.2, 0.25) is 10.0 Å². The number of pyridine rings is 1. The highest BCUT2D eigenvalue weighted by atomic mass is 35.5. The highest BCUT2D eigenvalue weighted by Gasteiger charge is 2.22. The second kappa shape index (κ2) is 6.77. The minimum absolute atomic E-state index is 0.426. The second-order valence-electron chi connectivity index (χ2n) is 6.62. The van der Waals surface area contributed by atoms with Crippen molar-refractivity contribution in [1.29, 1.82) is 0 Å². The van der Waals surface area contributed by atoms with E-state index in [0.717, 1.165) is 46.9 Å². The van der Waals surface area contributed by atoms with Crippen molar-refractivity contribution in [2.45, 2.75) is 26.1 Å². The lowest BCUT2D eigenvalue weighted by Gasteiger charge is -2.16. The fourth-order valence-electron chi connectivity index (χ4n) is 3.46. The van der Waals surface area contributed by atoms with Crippen LogP contribution in [0.15, 0.2) is 36.7 Å². The molecule has 5 rings (SSSR count). The van der Waals surface area contributed by atoms with Crippen LogP contribution in [-0.2, 0) is 13.1 Å². The Morgan fingerprint density at radius 2 is 1.93 bits per heavy atom. The molecule has 2 N–H and O–H groups in total. The van der Waals surface area contributed by atoms with Crippen molar-refractivity contribution in [3.63, 3.8) is 0 Å². The first-order valence-electron chi connectivity index (χ1n) is 8.84. The quantitative estimate of drug-likeness (QED) is 0.528. The SMILES string of the molecule is CC(On1nc(-c2nc3c([nH]2)CNC3)c2ccccc21)c1c(Cl)cncc1Cl. The third kappa shape index (κ3) is 2.83. The average Bonchev–Trinajstić information content (AvgIpc) is 3.35. The Morgan fingerprint density at radius 3 is 2.71 bits per heavy atom. The monoisotopic (exact) mass is 414 g/mol. The normalized spacial score (nSPS) is 14.4. The summed E-state index contributed by atoms with van der Waals surface area (Å²) >= 11 is 12.5. The van der Waals surface area contributed by atoms with E-state index in [9.17, 15) is 0 Å². The molecular weight excluding hydrogens is 399 g/mol. The lowest BCUT2D eigenvalue weighted by atomic mass is 10.2. The molecule has 1 aliphatic heterocycles. The predicted molar refractivity (Wildman–Crippen MR) is 107 cm³/mol. The molecule has 0 fully saturated rings. The molecular formula is C19H16Cl2N6O. The van der Waals surface area contributed by atoms with Crippen LogP contribution >= 0.6 is 23.2 Å². The standard InChI is InChI=1S/C19H16Cl2N6O/c1-10(17-12(20)6-22-7-13(17)21)28-27-16-5-3-2-4-11(16)18(26-27)19-24-14-8-23-9-15(14)25-19/h2-7,10,23H,8-9H2,1H3,(H,24,25). The minimum Gasteiger partial charge on any atom is -0.388 e. The van der Waals surface area contributed by atoms with Gasteiger partial charge in [0.15, 0.2) is 11.9 Å². The number of benzene rings is 1. The molecule has 0 saturated carbocycles. The van der Waals surface area contributed by atoms with Crippen LogP contribution in [0.1, 0.15) is 30.0 Å². The molecule has 0 radical (unpaired) electrons. The van der Waals surface area contributed by atoms with Crippen molar-refractivity contribution >= 4 is 34.1 Å². The molecule has 0 aliphatic carbocycles. The molecule has 0 amide bonds. The fraction of sp³-hybridized carbons (Fsp3) is 0.211. The molecule has 0 spiro atoms. The van der Waals surface area contributed by atoms with Crippen LogP contribution in [0.3, 0.4) is 0 Å². The van der Waals surface area contributed by atoms with Crippen LogP contribution in [0.4, 0.5) is 0 Å². The molecule has 4 aromatic rings. The maximum absolute atomic E-state index is 6.27. The number of nitrogens with one attached hydrogen (secondary N) is 2. The van der Waals surface area contributed by atoms with Gasteiger partial charge in [0.05, 0.1) is 21.4 Å². The van der Waals surface area contributed by atoms with E-state index in [-0.39, 0.29) is 0 Å². The maximum atomic E-state index is 6.27. The average molecular weight is 415 g/mol. The molecule has 1 unspecified atom stereocenters. The minimum atomic E-state index is -0.426. The fourth-order valence-corrected chi connectivity index (χ4v) is 4.13. The lowest BCUT2D eigenvalue weighted by molar-refractivity contribution is 0.0332. The van der Waals surface area contributed by atoms with Crippen LogP contribution in [0.25, 0.3) is 22.4 Å². The summed E-state index contributed by atoms with van der Waals surface area (Å²) in [4.78, 5) is 19.7. The first-order valence-corrected chi connectivity index (χ1v) is 9.60. The van der Waals surface area contributed by atoms with Crippen molar-refractivity contribution < 1.29 is 4.84 Å². The number of aromatic amines is 1. The first-order chi connectivity index (χ1) is 13.6. The third-order valence-corrected chi connectivity index (χ3v) is 5.40. The van der Waals surface area contributed by atoms with Gasteiger partial charge in [0, 0.05) is 36.4 Å². The van der Waals surface area contributed by atoms with E-state index in [1.54, 1.807) is 12.4 Å². The van der Waals surface area contributed by atoms with Gasteiger partial charge in [0.25, 0.3) is 0 Å². The Labute approximate surface area is 170 Å². The van der Waals surface area contributed by atoms with Gasteiger partial charge in [-0.3, -0.25) is 4.98 Å². The molecule has 1 atom stereocenters. The number of hydrogen-bond donors (Lipinski definition) is 2. The van der Waals surface area contributed by atoms with Crippen molar-refractivity contribution in [2.75, 3.05) is 0 Å². The summed E-state index contributed by atoms with van der Waals surface area (Å²) in [6, 6.07) is 7.86. The predicted octanol–water partition coefficient (Wildman–Crippen LogP) is 3.92. The molecule has 1 aromatic carbocycles. The van der Waals surface area contributed by atoms with Gasteiger partial charge in [0.2, 0.25) is 0 Å². The Morgan fingerprint density at radius 1 is 1.14 bits per heavy atom. The number of H-pyrrole nitrogens is 1. The summed E-state index contributed by atoms with van der Waals surface area (Å²) in [5.41, 5.74) is 4.36. The Kier molecular flexibility index (Phi) is 4.23. The zero-order valence-corrected chi connectivity index (χ0v) is 16.4. The van der Waals surface area contributed by atoms with Crippen molar-refractivity contribution in [3.8, 4) is 11.5 Å². The summed E-state index contributed by atoms with van der Waals surface area (Å²) < 4.78 is 0. The number of hydrogen-bond acceptors (Lipinski definition) is 5. The first kappa shape index (κ1) is 17.5. The zero-order chi connectivity index (χ0) is 19.3. The van der Waals surface area contributed by atoms with Gasteiger partial charge in [0.1, 0.15) is 11.2 Å². The number of aromatic nitrogens is 5. The van der Waals surface area contributed by atoms with Crippen molar-refractivity contribution in [2.24, 2.45) is 0 Å². The van der Waals surface area contributed by atoms with E-state index in [1.807, 2.05) is 31.2 Å². The summed E-state index contributed by atoms with van der Waals surface area (Å²) in [5, 5.41) is 9.79. The number of para-hydroxylation sites is 1. The molecule has 4 heterocycles. The molecule has 0 saturated heterocycles. The Balaban J connectivity index is 1.57. The van der Waals surface area contributed by atoms with Gasteiger partial charge in [-0.1, -0.05) is 46.2 Å². The topological polar surface area (TPSA) is 80.6 Å². The van der Waals surface area contributed by atoms with Crippen LogP contribution in [0.5, 0.6) is 0 Å². The smallest absolute Gasteiger partial charge is 0.159 e. The Bertz CT molecular complexity index is 1140. The molecule has 1 aliphatic rings. The molecule has 7 nitrogen and oxygen atoms in total. The molecule has 142 valence electrons. The van der Waals surface area contributed by atoms with Crippen molar-refractivity contribution in [3.05, 3.63) is 63.7 Å². The number of imidazole rings is 1. The maximum Gasteiger partial charge on any atom is 0.159 e. The molecule has 28 heavy (non-hydrogen) atoms. The number of fused-ring (bicyclic) bond motifs is 2. The van der Waals surface area contributed by atoms with E-state index in [4.69, 9.17) is 33.0 Å². The Hall–Kier alpha value is -2.61. The highest BCUT2D eigenvalue weighted by molar-refractivity contribution is 6.35. The highest BCUT2D eigenvalue weighted by Crippen LogP contribution is 2.32. The van der Waals surface area contributed by atoms with E-state index < -0.39 is 6.10 Å². The van der Waals surface area contributed by atoms with E-state index in [2.05, 4.69) is 20.4 Å². The van der Waals surface area contributed by atoms with Crippen LogP contribution in [-0.4, -0.2) is 24.9 Å². The van der Waals surface area contributed by atoms with E-state index >= 15 is 0 Å². The third-order valence-electron chi connectivity index (χ3n) is 4.79. The molecule has 3 aromatic heterocycles. The van der Waals surface area contributed by atoms with Gasteiger partial charge < -0.3 is 15.1 Å². The summed E-state index contributed by atoms with van der Waals surface area (Å²) in [6.45, 7) is 3.42. The summed E-state index contributed by atoms with van der Waals surface area (Å²) in [5.74, 6) is 0.734. The largest absolute Gasteiger partial charge is 0.388 e. The zero-order valence-electron chi connectivity index (χ0n) is 14.9. The van der Waals surface area contributed by atoms with E-state index in [0.29, 0.717) is 15.6 Å². The number of halogens is 2. The molecule has 0 bridgehead atoms. The van der Waals surface area contributed by atoms with Gasteiger partial charge >= 0.3 is 0 Å². The van der Waals surface area contributed by atoms with E-state index in [1.165, 1.54) is 4.85 Å². The van der Waals surface area contributed by atoms with Gasteiger partial charge in [-0.2, -0.15) is 0 Å². The van der Waals surface area contributed by atoms with Gasteiger partial charge in [-0.15, -0.1) is 5.10 Å². The second-order valence-corrected chi connectivity index (χ2v) is 7.43. The van der Waals surface area contributed by atoms with Crippen LogP contribution in [0, 0.1) is 0 Å². The van der Waals surface area contributed by atoms with Gasteiger partial charge in [-0.25, -0.2) is 4.98 Å². The summed E-state index contributed by atoms with van der Waals surface area (Å²) in [6.07, 6.45) is 2.67. The van der Waals surface area contributed by atoms with Gasteiger partial charge in [-0.05, 0) is 13.0 Å².